The van der Waals surface area contributed by atoms with Gasteiger partial charge in [0.1, 0.15) is 5.75 Å². The average Bonchev–Trinajstić information content (AvgIpc) is 2.73. The molecule has 3 rings (SSSR count). The first-order valence-electron chi connectivity index (χ1n) is 10.7. The number of rotatable bonds is 7. The van der Waals surface area contributed by atoms with Crippen LogP contribution < -0.4 is 10.1 Å². The molecule has 31 heavy (non-hydrogen) atoms. The van der Waals surface area contributed by atoms with Gasteiger partial charge in [-0.25, -0.2) is 13.6 Å². The Hall–Kier alpha value is -2.67. The largest absolute Gasteiger partial charge is 0.491 e. The maximum absolute atomic E-state index is 13.7. The maximum atomic E-state index is 13.7. The Bertz CT molecular complexity index is 866. The van der Waals surface area contributed by atoms with Gasteiger partial charge >= 0.3 is 6.03 Å². The second-order valence-corrected chi connectivity index (χ2v) is 8.44. The van der Waals surface area contributed by atoms with Crippen molar-refractivity contribution < 1.29 is 18.3 Å². The first kappa shape index (κ1) is 23.0. The third-order valence-corrected chi connectivity index (χ3v) is 5.36. The van der Waals surface area contributed by atoms with Gasteiger partial charge < -0.3 is 19.9 Å². The van der Waals surface area contributed by atoms with Crippen LogP contribution in [0.15, 0.2) is 42.5 Å². The summed E-state index contributed by atoms with van der Waals surface area (Å²) in [6.45, 7) is 6.33. The van der Waals surface area contributed by atoms with Crippen LogP contribution in [0.5, 0.6) is 5.75 Å². The Balaban J connectivity index is 1.72. The number of halogens is 2. The van der Waals surface area contributed by atoms with E-state index in [0.29, 0.717) is 12.1 Å². The van der Waals surface area contributed by atoms with Crippen LogP contribution in [-0.2, 0) is 13.1 Å². The van der Waals surface area contributed by atoms with Gasteiger partial charge in [0.15, 0.2) is 11.6 Å². The van der Waals surface area contributed by atoms with E-state index < -0.39 is 11.6 Å². The molecule has 168 valence electrons. The molecule has 0 bridgehead atoms. The fourth-order valence-corrected chi connectivity index (χ4v) is 3.64. The van der Waals surface area contributed by atoms with E-state index in [0.717, 1.165) is 49.4 Å². The van der Waals surface area contributed by atoms with Crippen LogP contribution in [0.4, 0.5) is 13.6 Å². The van der Waals surface area contributed by atoms with Gasteiger partial charge in [-0.05, 0) is 82.2 Å². The van der Waals surface area contributed by atoms with Crippen molar-refractivity contribution in [3.05, 3.63) is 65.2 Å². The highest BCUT2D eigenvalue weighted by Crippen LogP contribution is 2.18. The Morgan fingerprint density at radius 1 is 1.06 bits per heavy atom. The molecule has 0 spiro atoms. The zero-order chi connectivity index (χ0) is 22.4. The third kappa shape index (κ3) is 6.92. The predicted octanol–water partition coefficient (Wildman–Crippen LogP) is 4.56. The van der Waals surface area contributed by atoms with Crippen LogP contribution in [0, 0.1) is 11.6 Å². The highest BCUT2D eigenvalue weighted by atomic mass is 19.2. The lowest BCUT2D eigenvalue weighted by molar-refractivity contribution is 0.176. The molecule has 2 aromatic carbocycles. The van der Waals surface area contributed by atoms with E-state index in [1.807, 2.05) is 38.1 Å². The summed E-state index contributed by atoms with van der Waals surface area (Å²) < 4.78 is 32.7. The van der Waals surface area contributed by atoms with Crippen LogP contribution in [0.25, 0.3) is 0 Å². The molecule has 0 unspecified atom stereocenters. The number of urea groups is 1. The van der Waals surface area contributed by atoms with E-state index >= 15 is 0 Å². The number of carbonyl (C=O) groups excluding carboxylic acids is 1. The number of nitrogens with one attached hydrogen (secondary N) is 1. The number of ether oxygens (including phenoxy) is 1. The number of benzene rings is 2. The van der Waals surface area contributed by atoms with Crippen LogP contribution in [0.1, 0.15) is 37.8 Å². The third-order valence-electron chi connectivity index (χ3n) is 5.36. The minimum absolute atomic E-state index is 0.0797. The van der Waals surface area contributed by atoms with Crippen LogP contribution in [0.2, 0.25) is 0 Å². The fourth-order valence-electron chi connectivity index (χ4n) is 3.64. The number of piperidine rings is 1. The van der Waals surface area contributed by atoms with Crippen molar-refractivity contribution in [3.8, 4) is 5.75 Å². The quantitative estimate of drug-likeness (QED) is 0.699. The van der Waals surface area contributed by atoms with Crippen molar-refractivity contribution in [2.45, 2.75) is 51.9 Å². The van der Waals surface area contributed by atoms with E-state index in [-0.39, 0.29) is 24.7 Å². The van der Waals surface area contributed by atoms with E-state index in [1.165, 1.54) is 6.07 Å². The van der Waals surface area contributed by atoms with Gasteiger partial charge in [0.2, 0.25) is 0 Å². The number of amides is 2. The second kappa shape index (κ2) is 10.6. The predicted molar refractivity (Wildman–Crippen MR) is 117 cm³/mol. The molecule has 1 aliphatic heterocycles. The lowest BCUT2D eigenvalue weighted by atomic mass is 10.1. The van der Waals surface area contributed by atoms with E-state index in [9.17, 15) is 13.6 Å². The zero-order valence-corrected chi connectivity index (χ0v) is 18.4. The molecule has 1 fully saturated rings. The smallest absolute Gasteiger partial charge is 0.318 e. The van der Waals surface area contributed by atoms with Crippen molar-refractivity contribution >= 4 is 6.03 Å². The molecule has 0 atom stereocenters. The van der Waals surface area contributed by atoms with E-state index in [1.54, 1.807) is 4.90 Å². The standard InChI is InChI=1S/C24H31F2N3O2/c1-17(2)31-21-7-4-18(5-8-21)15-29(16-19-6-9-22(25)23(26)14-19)24(30)27-20-10-12-28(3)13-11-20/h4-9,14,17,20H,10-13,15-16H2,1-3H3,(H,27,30). The molecule has 0 saturated carbocycles. The summed E-state index contributed by atoms with van der Waals surface area (Å²) in [4.78, 5) is 16.9. The normalized spacial score (nSPS) is 15.2. The van der Waals surface area contributed by atoms with Gasteiger partial charge in [0.25, 0.3) is 0 Å². The van der Waals surface area contributed by atoms with Gasteiger partial charge in [-0.1, -0.05) is 18.2 Å². The van der Waals surface area contributed by atoms with Crippen LogP contribution in [0.3, 0.4) is 0 Å². The average molecular weight is 432 g/mol. The lowest BCUT2D eigenvalue weighted by Crippen LogP contribution is -2.48. The fraction of sp³-hybridized carbons (Fsp3) is 0.458. The molecule has 1 saturated heterocycles. The van der Waals surface area contributed by atoms with Crippen molar-refractivity contribution in [1.82, 2.24) is 15.1 Å². The molecule has 5 nitrogen and oxygen atoms in total. The molecule has 1 heterocycles. The molecule has 7 heteroatoms. The summed E-state index contributed by atoms with van der Waals surface area (Å²) in [6.07, 6.45) is 1.86. The summed E-state index contributed by atoms with van der Waals surface area (Å²) in [7, 11) is 2.07. The maximum Gasteiger partial charge on any atom is 0.318 e. The van der Waals surface area contributed by atoms with E-state index in [2.05, 4.69) is 17.3 Å². The van der Waals surface area contributed by atoms with Gasteiger partial charge in [-0.2, -0.15) is 0 Å². The first-order valence-corrected chi connectivity index (χ1v) is 10.7. The number of hydrogen-bond acceptors (Lipinski definition) is 3. The SMILES string of the molecule is CC(C)Oc1ccc(CN(Cc2ccc(F)c(F)c2)C(=O)NC2CCN(C)CC2)cc1. The highest BCUT2D eigenvalue weighted by Gasteiger charge is 2.22. The molecule has 0 radical (unpaired) electrons. The van der Waals surface area contributed by atoms with Gasteiger partial charge in [-0.3, -0.25) is 0 Å². The Labute approximate surface area is 183 Å². The summed E-state index contributed by atoms with van der Waals surface area (Å²) in [5, 5.41) is 3.11. The zero-order valence-electron chi connectivity index (χ0n) is 18.4. The Morgan fingerprint density at radius 2 is 1.68 bits per heavy atom. The molecular weight excluding hydrogens is 400 g/mol. The monoisotopic (exact) mass is 431 g/mol. The van der Waals surface area contributed by atoms with Crippen LogP contribution >= 0.6 is 0 Å². The minimum Gasteiger partial charge on any atom is -0.491 e. The molecule has 0 aliphatic carbocycles. The van der Waals surface area contributed by atoms with Crippen molar-refractivity contribution in [2.75, 3.05) is 20.1 Å². The number of nitrogens with zero attached hydrogens (tertiary/aromatic N) is 2. The van der Waals surface area contributed by atoms with Crippen molar-refractivity contribution in [3.63, 3.8) is 0 Å². The molecule has 2 amide bonds. The minimum atomic E-state index is -0.914. The summed E-state index contributed by atoms with van der Waals surface area (Å²) in [5.41, 5.74) is 1.47. The molecule has 1 aliphatic rings. The Morgan fingerprint density at radius 3 is 2.29 bits per heavy atom. The van der Waals surface area contributed by atoms with Crippen molar-refractivity contribution in [1.29, 1.82) is 0 Å². The summed E-state index contributed by atoms with van der Waals surface area (Å²) in [5.74, 6) is -1.04. The molecule has 2 aromatic rings. The lowest BCUT2D eigenvalue weighted by Gasteiger charge is -2.32. The van der Waals surface area contributed by atoms with Crippen LogP contribution in [-0.4, -0.2) is 48.1 Å². The second-order valence-electron chi connectivity index (χ2n) is 8.44. The highest BCUT2D eigenvalue weighted by molar-refractivity contribution is 5.74. The van der Waals surface area contributed by atoms with Gasteiger partial charge in [0.05, 0.1) is 6.10 Å². The summed E-state index contributed by atoms with van der Waals surface area (Å²) in [6, 6.07) is 11.2. The molecular formula is C24H31F2N3O2. The van der Waals surface area contributed by atoms with Gasteiger partial charge in [0, 0.05) is 19.1 Å². The van der Waals surface area contributed by atoms with E-state index in [4.69, 9.17) is 4.74 Å². The topological polar surface area (TPSA) is 44.8 Å². The number of carbonyl (C=O) groups is 1. The summed E-state index contributed by atoms with van der Waals surface area (Å²) >= 11 is 0. The molecule has 1 N–H and O–H groups in total. The van der Waals surface area contributed by atoms with Crippen molar-refractivity contribution in [2.24, 2.45) is 0 Å². The molecule has 0 aromatic heterocycles. The number of likely N-dealkylation sites (tertiary alicyclic amines) is 1. The first-order chi connectivity index (χ1) is 14.8. The van der Waals surface area contributed by atoms with Gasteiger partial charge in [-0.15, -0.1) is 0 Å². The number of hydrogen-bond donors (Lipinski definition) is 1. The Kier molecular flexibility index (Phi) is 7.85.